The zero-order valence-corrected chi connectivity index (χ0v) is 13.5. The molecule has 124 valence electrons. The first-order valence-electron chi connectivity index (χ1n) is 7.94. The molecule has 0 saturated carbocycles. The van der Waals surface area contributed by atoms with E-state index < -0.39 is 0 Å². The normalized spacial score (nSPS) is 12.7. The van der Waals surface area contributed by atoms with Gasteiger partial charge in [0.2, 0.25) is 0 Å². The van der Waals surface area contributed by atoms with E-state index in [1.54, 1.807) is 72.8 Å². The van der Waals surface area contributed by atoms with Crippen LogP contribution in [0.5, 0.6) is 11.5 Å². The Morgan fingerprint density at radius 2 is 1.46 bits per heavy atom. The van der Waals surface area contributed by atoms with Crippen molar-refractivity contribution in [3.8, 4) is 17.6 Å². The molecule has 26 heavy (non-hydrogen) atoms. The Morgan fingerprint density at radius 1 is 0.808 bits per heavy atom. The van der Waals surface area contributed by atoms with Crippen LogP contribution in [-0.2, 0) is 0 Å². The van der Waals surface area contributed by atoms with E-state index >= 15 is 0 Å². The number of rotatable bonds is 3. The molecule has 0 saturated heterocycles. The number of anilines is 1. The van der Waals surface area contributed by atoms with Crippen molar-refractivity contribution in [3.63, 3.8) is 0 Å². The number of carbonyl (C=O) groups excluding carboxylic acids is 2. The van der Waals surface area contributed by atoms with Crippen LogP contribution in [0.25, 0.3) is 0 Å². The summed E-state index contributed by atoms with van der Waals surface area (Å²) < 4.78 is 5.86. The second-order valence-electron chi connectivity index (χ2n) is 5.70. The molecular formula is C21H12N2O3. The minimum Gasteiger partial charge on any atom is -0.455 e. The number of carbonyl (C=O) groups is 2. The molecule has 5 heteroatoms. The number of amides is 2. The van der Waals surface area contributed by atoms with Crippen LogP contribution in [0.15, 0.2) is 72.8 Å². The second kappa shape index (κ2) is 6.19. The molecule has 0 unspecified atom stereocenters. The van der Waals surface area contributed by atoms with E-state index in [-0.39, 0.29) is 11.8 Å². The van der Waals surface area contributed by atoms with Crippen LogP contribution >= 0.6 is 0 Å². The Labute approximate surface area is 149 Å². The predicted molar refractivity (Wildman–Crippen MR) is 95.3 cm³/mol. The van der Waals surface area contributed by atoms with Crippen molar-refractivity contribution >= 4 is 17.5 Å². The lowest BCUT2D eigenvalue weighted by molar-refractivity contribution is 0.0925. The Morgan fingerprint density at radius 3 is 2.15 bits per heavy atom. The van der Waals surface area contributed by atoms with E-state index in [1.165, 1.54) is 0 Å². The van der Waals surface area contributed by atoms with Crippen LogP contribution in [-0.4, -0.2) is 11.8 Å². The summed E-state index contributed by atoms with van der Waals surface area (Å²) >= 11 is 0. The Bertz CT molecular complexity index is 1050. The lowest BCUT2D eigenvalue weighted by Gasteiger charge is -2.18. The summed E-state index contributed by atoms with van der Waals surface area (Å²) in [6.45, 7) is 0. The van der Waals surface area contributed by atoms with Gasteiger partial charge in [0.15, 0.2) is 5.75 Å². The first kappa shape index (κ1) is 15.6. The Balaban J connectivity index is 1.74. The van der Waals surface area contributed by atoms with Gasteiger partial charge in [-0.2, -0.15) is 5.26 Å². The second-order valence-corrected chi connectivity index (χ2v) is 5.70. The van der Waals surface area contributed by atoms with E-state index in [1.807, 2.05) is 0 Å². The first-order chi connectivity index (χ1) is 12.7. The number of nitriles is 1. The zero-order valence-electron chi connectivity index (χ0n) is 13.5. The van der Waals surface area contributed by atoms with Crippen molar-refractivity contribution in [2.24, 2.45) is 0 Å². The minimum absolute atomic E-state index is 0.358. The molecule has 3 aromatic rings. The van der Waals surface area contributed by atoms with Crippen molar-refractivity contribution in [3.05, 3.63) is 89.5 Å². The summed E-state index contributed by atoms with van der Waals surface area (Å²) in [5.74, 6) is 0.0463. The molecule has 0 bridgehead atoms. The molecule has 0 spiro atoms. The van der Waals surface area contributed by atoms with Crippen LogP contribution in [0.4, 0.5) is 5.69 Å². The Kier molecular flexibility index (Phi) is 3.71. The number of fused-ring (bicyclic) bond motifs is 1. The molecule has 1 aliphatic heterocycles. The van der Waals surface area contributed by atoms with Gasteiger partial charge in [-0.15, -0.1) is 0 Å². The van der Waals surface area contributed by atoms with Gasteiger partial charge in [0.1, 0.15) is 5.75 Å². The minimum atomic E-state index is -0.382. The summed E-state index contributed by atoms with van der Waals surface area (Å²) in [4.78, 5) is 26.6. The molecule has 0 aromatic heterocycles. The number of ether oxygens (including phenoxy) is 1. The third-order valence-corrected chi connectivity index (χ3v) is 4.09. The fourth-order valence-corrected chi connectivity index (χ4v) is 2.89. The largest absolute Gasteiger partial charge is 0.455 e. The first-order valence-corrected chi connectivity index (χ1v) is 7.94. The fraction of sp³-hybridized carbons (Fsp3) is 0. The molecule has 1 aliphatic rings. The summed E-state index contributed by atoms with van der Waals surface area (Å²) in [6.07, 6.45) is 0. The summed E-state index contributed by atoms with van der Waals surface area (Å²) in [5.41, 5.74) is 1.57. The highest BCUT2D eigenvalue weighted by Crippen LogP contribution is 2.37. The molecule has 0 N–H and O–H groups in total. The maximum Gasteiger partial charge on any atom is 0.266 e. The lowest BCUT2D eigenvalue weighted by atomic mass is 10.1. The van der Waals surface area contributed by atoms with Crippen LogP contribution in [0.2, 0.25) is 0 Å². The molecule has 2 amide bonds. The maximum atomic E-state index is 12.7. The SMILES string of the molecule is N#Cc1cccc(Oc2ccccc2N2C(=O)c3ccccc3C2=O)c1. The van der Waals surface area contributed by atoms with E-state index in [9.17, 15) is 9.59 Å². The zero-order chi connectivity index (χ0) is 18.1. The fourth-order valence-electron chi connectivity index (χ4n) is 2.89. The highest BCUT2D eigenvalue weighted by atomic mass is 16.5. The van der Waals surface area contributed by atoms with Crippen molar-refractivity contribution < 1.29 is 14.3 Å². The summed E-state index contributed by atoms with van der Waals surface area (Å²) in [5, 5.41) is 9.02. The summed E-state index contributed by atoms with van der Waals surface area (Å²) in [7, 11) is 0. The highest BCUT2D eigenvalue weighted by Gasteiger charge is 2.37. The van der Waals surface area contributed by atoms with Gasteiger partial charge >= 0.3 is 0 Å². The average Bonchev–Trinajstić information content (AvgIpc) is 2.93. The molecule has 5 nitrogen and oxygen atoms in total. The molecule has 0 radical (unpaired) electrons. The van der Waals surface area contributed by atoms with Gasteiger partial charge in [-0.1, -0.05) is 30.3 Å². The van der Waals surface area contributed by atoms with Gasteiger partial charge in [-0.25, -0.2) is 4.90 Å². The van der Waals surface area contributed by atoms with Crippen LogP contribution in [0.1, 0.15) is 26.3 Å². The van der Waals surface area contributed by atoms with E-state index in [4.69, 9.17) is 10.00 Å². The van der Waals surface area contributed by atoms with Gasteiger partial charge in [-0.05, 0) is 42.5 Å². The number of nitrogens with zero attached hydrogens (tertiary/aromatic N) is 2. The van der Waals surface area contributed by atoms with Gasteiger partial charge < -0.3 is 4.74 Å². The van der Waals surface area contributed by atoms with E-state index in [0.29, 0.717) is 33.9 Å². The highest BCUT2D eigenvalue weighted by molar-refractivity contribution is 6.34. The Hall–Kier alpha value is -3.91. The predicted octanol–water partition coefficient (Wildman–Crippen LogP) is 4.15. The average molecular weight is 340 g/mol. The van der Waals surface area contributed by atoms with Crippen LogP contribution in [0, 0.1) is 11.3 Å². The number of imide groups is 1. The quantitative estimate of drug-likeness (QED) is 0.672. The molecular weight excluding hydrogens is 328 g/mol. The number of benzene rings is 3. The smallest absolute Gasteiger partial charge is 0.266 e. The van der Waals surface area contributed by atoms with Crippen LogP contribution in [0.3, 0.4) is 0 Å². The van der Waals surface area contributed by atoms with Crippen LogP contribution < -0.4 is 9.64 Å². The van der Waals surface area contributed by atoms with E-state index in [0.717, 1.165) is 4.90 Å². The molecule has 0 fully saturated rings. The van der Waals surface area contributed by atoms with Gasteiger partial charge in [0, 0.05) is 0 Å². The molecule has 1 heterocycles. The van der Waals surface area contributed by atoms with Crippen molar-refractivity contribution in [2.75, 3.05) is 4.90 Å². The molecule has 0 aliphatic carbocycles. The molecule has 3 aromatic carbocycles. The monoisotopic (exact) mass is 340 g/mol. The van der Waals surface area contributed by atoms with Crippen molar-refractivity contribution in [1.82, 2.24) is 0 Å². The van der Waals surface area contributed by atoms with Gasteiger partial charge in [0.05, 0.1) is 28.4 Å². The van der Waals surface area contributed by atoms with Crippen molar-refractivity contribution in [1.29, 1.82) is 5.26 Å². The third-order valence-electron chi connectivity index (χ3n) is 4.09. The van der Waals surface area contributed by atoms with E-state index in [2.05, 4.69) is 6.07 Å². The van der Waals surface area contributed by atoms with Crippen molar-refractivity contribution in [2.45, 2.75) is 0 Å². The summed E-state index contributed by atoms with van der Waals surface area (Å²) in [6, 6.07) is 22.3. The number of hydrogen-bond acceptors (Lipinski definition) is 4. The topological polar surface area (TPSA) is 70.4 Å². The maximum absolute atomic E-state index is 12.7. The third kappa shape index (κ3) is 2.50. The lowest BCUT2D eigenvalue weighted by Crippen LogP contribution is -2.29. The van der Waals surface area contributed by atoms with Gasteiger partial charge in [-0.3, -0.25) is 9.59 Å². The molecule has 0 atom stereocenters. The van der Waals surface area contributed by atoms with Gasteiger partial charge in [0.25, 0.3) is 11.8 Å². The number of hydrogen-bond donors (Lipinski definition) is 0. The standard InChI is InChI=1S/C21H12N2O3/c22-13-14-6-5-7-15(12-14)26-19-11-4-3-10-18(19)23-20(24)16-8-1-2-9-17(16)21(23)25/h1-12H. The number of para-hydroxylation sites is 2. The molecule has 4 rings (SSSR count).